The molecule has 4 atom stereocenters. The van der Waals surface area contributed by atoms with Crippen LogP contribution in [-0.4, -0.2) is 39.3 Å². The molecule has 1 aliphatic heterocycles. The van der Waals surface area contributed by atoms with Crippen molar-refractivity contribution < 1.29 is 5.11 Å². The number of aromatic amines is 1. The van der Waals surface area contributed by atoms with Crippen LogP contribution in [0.5, 0.6) is 0 Å². The number of nitrogens with one attached hydrogen (secondary N) is 2. The van der Waals surface area contributed by atoms with Crippen molar-refractivity contribution in [3.63, 3.8) is 0 Å². The number of aromatic nitrogens is 3. The summed E-state index contributed by atoms with van der Waals surface area (Å²) in [4.78, 5) is 26.8. The van der Waals surface area contributed by atoms with Crippen LogP contribution in [0.3, 0.4) is 0 Å². The number of hydrogen-bond acceptors (Lipinski definition) is 6. The topological polar surface area (TPSA) is 94.1 Å². The average Bonchev–Trinajstić information content (AvgIpc) is 3.48. The molecule has 172 valence electrons. The van der Waals surface area contributed by atoms with Crippen LogP contribution in [0.2, 0.25) is 0 Å². The Kier molecular flexibility index (Phi) is 5.29. The lowest BCUT2D eigenvalue weighted by atomic mass is 9.85. The van der Waals surface area contributed by atoms with E-state index in [9.17, 15) is 9.90 Å². The van der Waals surface area contributed by atoms with Crippen molar-refractivity contribution in [2.75, 3.05) is 23.4 Å². The van der Waals surface area contributed by atoms with Crippen molar-refractivity contribution in [2.45, 2.75) is 56.9 Å². The first-order valence-corrected chi connectivity index (χ1v) is 12.3. The lowest BCUT2D eigenvalue weighted by Crippen LogP contribution is -2.41. The maximum absolute atomic E-state index is 12.0. The molecule has 3 aliphatic rings. The molecular formula is C26H31N5O2. The highest BCUT2D eigenvalue weighted by atomic mass is 16.3. The van der Waals surface area contributed by atoms with Gasteiger partial charge in [-0.15, -0.1) is 0 Å². The Balaban J connectivity index is 1.30. The maximum atomic E-state index is 12.0. The van der Waals surface area contributed by atoms with E-state index in [4.69, 9.17) is 4.98 Å². The lowest BCUT2D eigenvalue weighted by molar-refractivity contribution is 0.240. The highest BCUT2D eigenvalue weighted by Crippen LogP contribution is 2.53. The van der Waals surface area contributed by atoms with Gasteiger partial charge in [0.15, 0.2) is 0 Å². The van der Waals surface area contributed by atoms with Gasteiger partial charge in [0.05, 0.1) is 18.3 Å². The molecule has 4 unspecified atom stereocenters. The van der Waals surface area contributed by atoms with Crippen LogP contribution in [0, 0.1) is 11.8 Å². The summed E-state index contributed by atoms with van der Waals surface area (Å²) in [6.45, 7) is 1.17. The van der Waals surface area contributed by atoms with Gasteiger partial charge in [-0.2, -0.15) is 4.98 Å². The van der Waals surface area contributed by atoms with E-state index in [0.717, 1.165) is 47.8 Å². The number of anilines is 3. The first-order chi connectivity index (χ1) is 16.2. The molecule has 2 aliphatic carbocycles. The van der Waals surface area contributed by atoms with Crippen LogP contribution in [0.4, 0.5) is 17.3 Å². The first-order valence-electron chi connectivity index (χ1n) is 12.3. The Bertz CT molecular complexity index is 1210. The molecule has 3 aromatic rings. The summed E-state index contributed by atoms with van der Waals surface area (Å²) < 4.78 is 0. The molecule has 2 aromatic heterocycles. The predicted octanol–water partition coefficient (Wildman–Crippen LogP) is 4.32. The summed E-state index contributed by atoms with van der Waals surface area (Å²) in [6, 6.07) is 11.9. The summed E-state index contributed by atoms with van der Waals surface area (Å²) in [5.41, 5.74) is 3.57. The molecule has 0 amide bonds. The van der Waals surface area contributed by atoms with Gasteiger partial charge < -0.3 is 20.3 Å². The molecule has 3 fully saturated rings. The summed E-state index contributed by atoms with van der Waals surface area (Å²) in [6.07, 6.45) is 8.47. The zero-order chi connectivity index (χ0) is 22.4. The number of H-pyrrole nitrogens is 1. The van der Waals surface area contributed by atoms with Crippen LogP contribution in [0.1, 0.15) is 56.6 Å². The number of nitrogens with zero attached hydrogens (tertiary/aromatic N) is 3. The van der Waals surface area contributed by atoms with E-state index in [1.165, 1.54) is 32.1 Å². The van der Waals surface area contributed by atoms with Crippen molar-refractivity contribution in [1.82, 2.24) is 15.0 Å². The second-order valence-electron chi connectivity index (χ2n) is 10.00. The van der Waals surface area contributed by atoms with Gasteiger partial charge in [0.2, 0.25) is 11.5 Å². The predicted molar refractivity (Wildman–Crippen MR) is 130 cm³/mol. The standard InChI is InChI=1S/C26H31N5O2/c32-15-20-3-1-2-12-31(20)19-8-6-18(7-9-19)27-26-29-24(22-14-16-4-5-17(22)13-16)21-10-11-23(33)28-25(21)30-26/h6-11,16-17,20,22,32H,1-5,12-15H2,(H2,27,28,29,30,33). The fraction of sp³-hybridized carbons (Fsp3) is 0.500. The van der Waals surface area contributed by atoms with Gasteiger partial charge in [-0.05, 0) is 80.7 Å². The van der Waals surface area contributed by atoms with Crippen LogP contribution in [-0.2, 0) is 0 Å². The second-order valence-corrected chi connectivity index (χ2v) is 10.00. The molecule has 6 rings (SSSR count). The molecule has 0 spiro atoms. The van der Waals surface area contributed by atoms with Crippen LogP contribution in [0.15, 0.2) is 41.2 Å². The molecule has 3 heterocycles. The molecule has 1 saturated heterocycles. The molecule has 33 heavy (non-hydrogen) atoms. The summed E-state index contributed by atoms with van der Waals surface area (Å²) in [5.74, 6) is 2.48. The molecule has 7 nitrogen and oxygen atoms in total. The number of piperidine rings is 1. The van der Waals surface area contributed by atoms with Crippen molar-refractivity contribution >= 4 is 28.4 Å². The first kappa shape index (κ1) is 20.7. The quantitative estimate of drug-likeness (QED) is 0.542. The van der Waals surface area contributed by atoms with E-state index >= 15 is 0 Å². The van der Waals surface area contributed by atoms with Gasteiger partial charge in [0.25, 0.3) is 0 Å². The Morgan fingerprint density at radius 1 is 1.03 bits per heavy atom. The SMILES string of the molecule is O=c1ccc2c(C3CC4CCC3C4)nc(Nc3ccc(N4CCCCC4CO)cc3)nc2[nH]1. The molecular weight excluding hydrogens is 414 g/mol. The van der Waals surface area contributed by atoms with Gasteiger partial charge in [-0.3, -0.25) is 4.79 Å². The Labute approximate surface area is 193 Å². The van der Waals surface area contributed by atoms with Crippen molar-refractivity contribution in [1.29, 1.82) is 0 Å². The monoisotopic (exact) mass is 445 g/mol. The normalized spacial score (nSPS) is 26.8. The van der Waals surface area contributed by atoms with Crippen molar-refractivity contribution in [3.05, 3.63) is 52.4 Å². The van der Waals surface area contributed by atoms with Crippen LogP contribution < -0.4 is 15.8 Å². The van der Waals surface area contributed by atoms with E-state index in [-0.39, 0.29) is 18.2 Å². The maximum Gasteiger partial charge on any atom is 0.249 e. The number of fused-ring (bicyclic) bond motifs is 3. The summed E-state index contributed by atoms with van der Waals surface area (Å²) in [7, 11) is 0. The van der Waals surface area contributed by atoms with Gasteiger partial charge in [-0.25, -0.2) is 4.98 Å². The van der Waals surface area contributed by atoms with Gasteiger partial charge in [0, 0.05) is 35.3 Å². The van der Waals surface area contributed by atoms with Gasteiger partial charge in [0.1, 0.15) is 5.65 Å². The number of hydrogen-bond donors (Lipinski definition) is 3. The molecule has 0 radical (unpaired) electrons. The highest BCUT2D eigenvalue weighted by molar-refractivity contribution is 5.79. The molecule has 1 aromatic carbocycles. The smallest absolute Gasteiger partial charge is 0.249 e. The molecule has 3 N–H and O–H groups in total. The lowest BCUT2D eigenvalue weighted by Gasteiger charge is -2.36. The Morgan fingerprint density at radius 3 is 2.67 bits per heavy atom. The summed E-state index contributed by atoms with van der Waals surface area (Å²) >= 11 is 0. The molecule has 7 heteroatoms. The number of pyridine rings is 1. The third-order valence-electron chi connectivity index (χ3n) is 8.00. The number of benzene rings is 1. The third-order valence-corrected chi connectivity index (χ3v) is 8.00. The van der Waals surface area contributed by atoms with Gasteiger partial charge >= 0.3 is 0 Å². The van der Waals surface area contributed by atoms with Crippen LogP contribution >= 0.6 is 0 Å². The van der Waals surface area contributed by atoms with Crippen molar-refractivity contribution in [3.8, 4) is 0 Å². The largest absolute Gasteiger partial charge is 0.394 e. The van der Waals surface area contributed by atoms with E-state index in [1.54, 1.807) is 6.07 Å². The van der Waals surface area contributed by atoms with E-state index in [1.807, 2.05) is 18.2 Å². The minimum atomic E-state index is -0.143. The minimum absolute atomic E-state index is 0.143. The zero-order valence-corrected chi connectivity index (χ0v) is 18.8. The number of rotatable bonds is 5. The molecule has 2 bridgehead atoms. The number of aliphatic hydroxyl groups is 1. The Morgan fingerprint density at radius 2 is 1.91 bits per heavy atom. The minimum Gasteiger partial charge on any atom is -0.394 e. The molecule has 2 saturated carbocycles. The third kappa shape index (κ3) is 3.88. The van der Waals surface area contributed by atoms with E-state index < -0.39 is 0 Å². The van der Waals surface area contributed by atoms with E-state index in [0.29, 0.717) is 23.4 Å². The summed E-state index contributed by atoms with van der Waals surface area (Å²) in [5, 5.41) is 14.1. The zero-order valence-electron chi connectivity index (χ0n) is 18.8. The average molecular weight is 446 g/mol. The second kappa shape index (κ2) is 8.45. The van der Waals surface area contributed by atoms with Gasteiger partial charge in [-0.1, -0.05) is 6.42 Å². The van der Waals surface area contributed by atoms with Crippen molar-refractivity contribution in [2.24, 2.45) is 11.8 Å². The highest BCUT2D eigenvalue weighted by Gasteiger charge is 2.41. The van der Waals surface area contributed by atoms with E-state index in [2.05, 4.69) is 32.3 Å². The fourth-order valence-corrected chi connectivity index (χ4v) is 6.38. The fourth-order valence-electron chi connectivity index (χ4n) is 6.38. The van der Waals surface area contributed by atoms with Crippen LogP contribution in [0.25, 0.3) is 11.0 Å². The number of aliphatic hydroxyl groups excluding tert-OH is 1. The Hall–Kier alpha value is -2.93.